The Kier molecular flexibility index (Phi) is 8.07. The number of anilines is 8. The zero-order valence-corrected chi connectivity index (χ0v) is 35.3. The molecule has 0 saturated carbocycles. The fourth-order valence-corrected chi connectivity index (χ4v) is 9.75. The van der Waals surface area contributed by atoms with Gasteiger partial charge in [0.15, 0.2) is 11.6 Å². The maximum absolute atomic E-state index is 2.49. The van der Waals surface area contributed by atoms with Gasteiger partial charge in [-0.3, -0.25) is 19.6 Å². The molecule has 12 rings (SSSR count). The molecule has 0 radical (unpaired) electrons. The lowest BCUT2D eigenvalue weighted by Gasteiger charge is -2.34. The molecule has 0 unspecified atom stereocenters. The normalized spacial score (nSPS) is 13.6. The molecule has 62 heavy (non-hydrogen) atoms. The third-order valence-electron chi connectivity index (χ3n) is 12.7. The Balaban J connectivity index is 1.22. The highest BCUT2D eigenvalue weighted by Crippen LogP contribution is 2.57. The molecule has 10 aromatic carbocycles. The van der Waals surface area contributed by atoms with Crippen LogP contribution in [0.15, 0.2) is 206 Å². The number of nitrogens with zero attached hydrogens (tertiary/aromatic N) is 4. The predicted molar refractivity (Wildman–Crippen MR) is 263 cm³/mol. The van der Waals surface area contributed by atoms with Gasteiger partial charge in [0.05, 0.1) is 22.7 Å². The van der Waals surface area contributed by atoms with Gasteiger partial charge >= 0.3 is 0 Å². The lowest BCUT2D eigenvalue weighted by Crippen LogP contribution is -2.33. The summed E-state index contributed by atoms with van der Waals surface area (Å²) in [5.41, 5.74) is 13.8. The molecule has 4 nitrogen and oxygen atoms in total. The molecule has 10 aromatic rings. The summed E-state index contributed by atoms with van der Waals surface area (Å²) in [7, 11) is 0. The van der Waals surface area contributed by atoms with Crippen LogP contribution in [0.2, 0.25) is 0 Å². The first-order chi connectivity index (χ1) is 30.3. The number of fused-ring (bicyclic) bond motifs is 6. The summed E-state index contributed by atoms with van der Waals surface area (Å²) in [6, 6.07) is 72.4. The fraction of sp³-hybridized carbons (Fsp3) is 0.0690. The highest BCUT2D eigenvalue weighted by atomic mass is 15.5. The second-order valence-corrected chi connectivity index (χ2v) is 17.1. The van der Waals surface area contributed by atoms with Crippen molar-refractivity contribution in [3.05, 3.63) is 228 Å². The Morgan fingerprint density at radius 1 is 0.226 bits per heavy atom. The molecule has 0 saturated heterocycles. The zero-order chi connectivity index (χ0) is 41.6. The average molecular weight is 797 g/mol. The smallest absolute Gasteiger partial charge is 0.166 e. The van der Waals surface area contributed by atoms with Gasteiger partial charge in [0.1, 0.15) is 0 Å². The number of hydrogen-bond acceptors (Lipinski definition) is 4. The monoisotopic (exact) mass is 796 g/mol. The van der Waals surface area contributed by atoms with Crippen LogP contribution >= 0.6 is 0 Å². The van der Waals surface area contributed by atoms with Crippen LogP contribution in [0.25, 0.3) is 43.1 Å². The predicted octanol–water partition coefficient (Wildman–Crippen LogP) is 15.9. The topological polar surface area (TPSA) is 13.0 Å². The van der Waals surface area contributed by atoms with Crippen molar-refractivity contribution in [1.82, 2.24) is 0 Å². The number of para-hydroxylation sites is 4. The van der Waals surface area contributed by atoms with Gasteiger partial charge < -0.3 is 0 Å². The lowest BCUT2D eigenvalue weighted by atomic mass is 10.1. The summed E-state index contributed by atoms with van der Waals surface area (Å²) in [5.74, 6) is 2.07. The lowest BCUT2D eigenvalue weighted by molar-refractivity contribution is 1.01. The molecule has 0 N–H and O–H groups in total. The van der Waals surface area contributed by atoms with Crippen LogP contribution in [0, 0.1) is 27.7 Å². The van der Waals surface area contributed by atoms with Gasteiger partial charge in [0.2, 0.25) is 0 Å². The molecule has 0 bridgehead atoms. The summed E-state index contributed by atoms with van der Waals surface area (Å²) in [6.07, 6.45) is 0. The molecule has 2 aliphatic heterocycles. The molecule has 0 atom stereocenters. The standard InChI is InChI=1S/C58H44N4/c1-37-13-17-45-33-49(25-21-41(45)29-37)59-53-9-5-6-10-54(53)60(50-26-22-42-30-38(2)14-18-46(42)34-50)57(59)58-61(51-27-23-43-31-39(3)15-19-47(43)35-51)55-11-7-8-12-56(55)62(58)52-28-24-44-32-40(4)16-20-48(44)36-52/h5-36H,1-4H3. The van der Waals surface area contributed by atoms with Crippen molar-refractivity contribution < 1.29 is 0 Å². The minimum Gasteiger partial charge on any atom is -0.291 e. The van der Waals surface area contributed by atoms with Crippen LogP contribution < -0.4 is 19.6 Å². The van der Waals surface area contributed by atoms with Gasteiger partial charge in [-0.25, -0.2) is 0 Å². The fourth-order valence-electron chi connectivity index (χ4n) is 9.75. The van der Waals surface area contributed by atoms with Crippen LogP contribution in [0.5, 0.6) is 0 Å². The van der Waals surface area contributed by atoms with Crippen molar-refractivity contribution in [2.75, 3.05) is 19.6 Å². The Bertz CT molecular complexity index is 3050. The van der Waals surface area contributed by atoms with E-state index in [1.54, 1.807) is 0 Å². The van der Waals surface area contributed by atoms with Gasteiger partial charge in [-0.15, -0.1) is 0 Å². The molecule has 2 heterocycles. The maximum Gasteiger partial charge on any atom is 0.166 e. The van der Waals surface area contributed by atoms with Crippen molar-refractivity contribution in [2.24, 2.45) is 0 Å². The van der Waals surface area contributed by atoms with E-state index in [1.165, 1.54) is 65.3 Å². The molecule has 0 aliphatic carbocycles. The van der Waals surface area contributed by atoms with Gasteiger partial charge in [0, 0.05) is 22.7 Å². The highest BCUT2D eigenvalue weighted by molar-refractivity contribution is 6.04. The van der Waals surface area contributed by atoms with E-state index in [4.69, 9.17) is 0 Å². The number of aryl methyl sites for hydroxylation is 4. The Morgan fingerprint density at radius 2 is 0.435 bits per heavy atom. The second-order valence-electron chi connectivity index (χ2n) is 17.1. The Morgan fingerprint density at radius 3 is 0.677 bits per heavy atom. The third-order valence-corrected chi connectivity index (χ3v) is 12.7. The van der Waals surface area contributed by atoms with E-state index in [-0.39, 0.29) is 0 Å². The van der Waals surface area contributed by atoms with Crippen LogP contribution in [0.4, 0.5) is 45.5 Å². The highest BCUT2D eigenvalue weighted by Gasteiger charge is 2.44. The summed E-state index contributed by atoms with van der Waals surface area (Å²) in [4.78, 5) is 9.96. The Labute approximate surface area is 362 Å². The SMILES string of the molecule is Cc1ccc2cc(N3C(=C4N(c5ccc6cc(C)ccc6c5)c5ccccc5N4c4ccc5cc(C)ccc5c4)N(c4ccc5cc(C)ccc5c4)c4ccccc43)ccc2c1. The van der Waals surface area contributed by atoms with Crippen molar-refractivity contribution in [1.29, 1.82) is 0 Å². The van der Waals surface area contributed by atoms with Crippen LogP contribution in [-0.2, 0) is 0 Å². The first-order valence-corrected chi connectivity index (χ1v) is 21.5. The zero-order valence-electron chi connectivity index (χ0n) is 35.3. The summed E-state index contributed by atoms with van der Waals surface area (Å²) in [5, 5.41) is 9.72. The summed E-state index contributed by atoms with van der Waals surface area (Å²) >= 11 is 0. The molecule has 4 heteroatoms. The molecule has 296 valence electrons. The van der Waals surface area contributed by atoms with E-state index in [0.717, 1.165) is 57.1 Å². The van der Waals surface area contributed by atoms with E-state index in [2.05, 4.69) is 241 Å². The first-order valence-electron chi connectivity index (χ1n) is 21.5. The number of rotatable bonds is 4. The van der Waals surface area contributed by atoms with Crippen LogP contribution in [0.1, 0.15) is 22.3 Å². The van der Waals surface area contributed by atoms with E-state index >= 15 is 0 Å². The van der Waals surface area contributed by atoms with Gasteiger partial charge in [-0.05, 0) is 144 Å². The molecular formula is C58H44N4. The van der Waals surface area contributed by atoms with Gasteiger partial charge in [-0.2, -0.15) is 0 Å². The van der Waals surface area contributed by atoms with Crippen LogP contribution in [-0.4, -0.2) is 0 Å². The quantitative estimate of drug-likeness (QED) is 0.176. The van der Waals surface area contributed by atoms with E-state index in [1.807, 2.05) is 0 Å². The third kappa shape index (κ3) is 5.75. The van der Waals surface area contributed by atoms with Crippen molar-refractivity contribution >= 4 is 88.6 Å². The second kappa shape index (κ2) is 13.9. The van der Waals surface area contributed by atoms with Crippen molar-refractivity contribution in [3.63, 3.8) is 0 Å². The van der Waals surface area contributed by atoms with Gasteiger partial charge in [-0.1, -0.05) is 144 Å². The average Bonchev–Trinajstić information content (AvgIpc) is 3.81. The molecule has 2 aliphatic rings. The molecule has 0 amide bonds. The first kappa shape index (κ1) is 36.1. The molecule has 0 fully saturated rings. The van der Waals surface area contributed by atoms with Crippen LogP contribution in [0.3, 0.4) is 0 Å². The number of benzene rings is 10. The van der Waals surface area contributed by atoms with Crippen molar-refractivity contribution in [3.8, 4) is 0 Å². The molecular weight excluding hydrogens is 753 g/mol. The molecule has 0 spiro atoms. The van der Waals surface area contributed by atoms with E-state index in [9.17, 15) is 0 Å². The number of hydrogen-bond donors (Lipinski definition) is 0. The minimum atomic E-state index is 1.04. The largest absolute Gasteiger partial charge is 0.291 e. The molecule has 0 aromatic heterocycles. The van der Waals surface area contributed by atoms with Crippen molar-refractivity contribution in [2.45, 2.75) is 27.7 Å². The van der Waals surface area contributed by atoms with E-state index < -0.39 is 0 Å². The summed E-state index contributed by atoms with van der Waals surface area (Å²) in [6.45, 7) is 8.66. The maximum atomic E-state index is 2.49. The minimum absolute atomic E-state index is 1.04. The van der Waals surface area contributed by atoms with E-state index in [0.29, 0.717) is 0 Å². The summed E-state index contributed by atoms with van der Waals surface area (Å²) < 4.78 is 0. The Hall–Kier alpha value is -7.82. The van der Waals surface area contributed by atoms with Gasteiger partial charge in [0.25, 0.3) is 0 Å².